The zero-order valence-electron chi connectivity index (χ0n) is 16.8. The van der Waals surface area contributed by atoms with E-state index < -0.39 is 17.2 Å². The number of rotatable bonds is 8. The second-order valence-corrected chi connectivity index (χ2v) is 7.12. The van der Waals surface area contributed by atoms with Crippen molar-refractivity contribution in [2.45, 2.75) is 40.2 Å². The van der Waals surface area contributed by atoms with Gasteiger partial charge in [0.25, 0.3) is 11.5 Å². The number of carbonyl (C=O) groups is 1. The smallest absolute Gasteiger partial charge is 0.330 e. The van der Waals surface area contributed by atoms with E-state index >= 15 is 0 Å². The first-order valence-electron chi connectivity index (χ1n) is 9.35. The molecule has 9 heteroatoms. The number of nitrogens with two attached hydrogens (primary N) is 1. The van der Waals surface area contributed by atoms with Crippen LogP contribution in [0.15, 0.2) is 28.1 Å². The number of hydrogen-bond donors (Lipinski definition) is 2. The van der Waals surface area contributed by atoms with Crippen molar-refractivity contribution in [1.29, 1.82) is 0 Å². The van der Waals surface area contributed by atoms with Crippen LogP contribution in [0.3, 0.4) is 0 Å². The highest BCUT2D eigenvalue weighted by Gasteiger charge is 2.23. The topological polar surface area (TPSA) is 119 Å². The van der Waals surface area contributed by atoms with Crippen molar-refractivity contribution in [3.8, 4) is 0 Å². The number of nitrogens with one attached hydrogen (secondary N) is 1. The zero-order chi connectivity index (χ0) is 20.8. The Morgan fingerprint density at radius 3 is 2.68 bits per heavy atom. The molecule has 2 heterocycles. The van der Waals surface area contributed by atoms with Crippen LogP contribution in [0.4, 0.5) is 11.5 Å². The molecule has 0 saturated carbocycles. The average molecular weight is 388 g/mol. The number of H-pyrrole nitrogens is 1. The Balaban J connectivity index is 2.47. The van der Waals surface area contributed by atoms with E-state index in [1.807, 2.05) is 20.8 Å². The summed E-state index contributed by atoms with van der Waals surface area (Å²) in [6.45, 7) is 6.52. The minimum absolute atomic E-state index is 0.00485. The first-order chi connectivity index (χ1) is 13.2. The summed E-state index contributed by atoms with van der Waals surface area (Å²) in [7, 11) is 1.78. The summed E-state index contributed by atoms with van der Waals surface area (Å²) in [4.78, 5) is 41.2. The summed E-state index contributed by atoms with van der Waals surface area (Å²) in [5, 5.41) is 4.05. The van der Waals surface area contributed by atoms with Crippen LogP contribution in [0.25, 0.3) is 6.08 Å². The van der Waals surface area contributed by atoms with Gasteiger partial charge in [0.1, 0.15) is 5.82 Å². The van der Waals surface area contributed by atoms with E-state index in [1.165, 1.54) is 15.5 Å². The number of aryl methyl sites for hydroxylation is 1. The Morgan fingerprint density at radius 2 is 2.11 bits per heavy atom. The molecule has 9 nitrogen and oxygen atoms in total. The number of amides is 1. The van der Waals surface area contributed by atoms with Gasteiger partial charge in [0.05, 0.1) is 6.20 Å². The Labute approximate surface area is 163 Å². The van der Waals surface area contributed by atoms with Crippen LogP contribution in [-0.4, -0.2) is 31.8 Å². The molecule has 2 aromatic heterocycles. The molecule has 0 radical (unpaired) electrons. The molecule has 0 aromatic carbocycles. The van der Waals surface area contributed by atoms with Gasteiger partial charge in [-0.1, -0.05) is 27.2 Å². The lowest BCUT2D eigenvalue weighted by Crippen LogP contribution is -2.42. The van der Waals surface area contributed by atoms with Gasteiger partial charge in [0, 0.05) is 38.0 Å². The van der Waals surface area contributed by atoms with Crippen molar-refractivity contribution in [3.63, 3.8) is 0 Å². The second-order valence-electron chi connectivity index (χ2n) is 7.12. The standard InChI is InChI=1S/C19H28N6O3/c1-5-6-9-24-17(20)16(18(27)22-19(24)28)25(11-13(2)3)15(26)8-7-14-10-21-23(4)12-14/h7-8,10,12-13H,5-6,9,11,20H2,1-4H3,(H,22,27,28). The number of hydrogen-bond acceptors (Lipinski definition) is 5. The maximum absolute atomic E-state index is 12.9. The SMILES string of the molecule is CCCCn1c(N)c(N(CC(C)C)C(=O)C=Cc2cnn(C)c2)c(=O)[nH]c1=O. The number of anilines is 2. The quantitative estimate of drug-likeness (QED) is 0.662. The van der Waals surface area contributed by atoms with Crippen molar-refractivity contribution in [2.75, 3.05) is 17.2 Å². The maximum atomic E-state index is 12.9. The predicted molar refractivity (Wildman–Crippen MR) is 110 cm³/mol. The molecule has 28 heavy (non-hydrogen) atoms. The minimum atomic E-state index is -0.668. The van der Waals surface area contributed by atoms with Gasteiger partial charge in [-0.15, -0.1) is 0 Å². The average Bonchev–Trinajstić information content (AvgIpc) is 3.03. The lowest BCUT2D eigenvalue weighted by atomic mass is 10.2. The summed E-state index contributed by atoms with van der Waals surface area (Å²) in [5.74, 6) is -0.299. The van der Waals surface area contributed by atoms with Crippen LogP contribution < -0.4 is 21.9 Å². The zero-order valence-corrected chi connectivity index (χ0v) is 16.8. The summed E-state index contributed by atoms with van der Waals surface area (Å²) >= 11 is 0. The highest BCUT2D eigenvalue weighted by molar-refractivity contribution is 6.05. The van der Waals surface area contributed by atoms with Gasteiger partial charge in [-0.2, -0.15) is 5.10 Å². The number of nitrogens with zero attached hydrogens (tertiary/aromatic N) is 4. The van der Waals surface area contributed by atoms with Crippen LogP contribution in [0, 0.1) is 5.92 Å². The molecule has 0 aliphatic carbocycles. The van der Waals surface area contributed by atoms with Crippen molar-refractivity contribution >= 4 is 23.5 Å². The van der Waals surface area contributed by atoms with Gasteiger partial charge in [0.15, 0.2) is 5.69 Å². The van der Waals surface area contributed by atoms with Gasteiger partial charge in [-0.25, -0.2) is 4.79 Å². The largest absolute Gasteiger partial charge is 0.383 e. The molecular formula is C19H28N6O3. The van der Waals surface area contributed by atoms with Crippen LogP contribution in [0.1, 0.15) is 39.2 Å². The third kappa shape index (κ3) is 4.99. The summed E-state index contributed by atoms with van der Waals surface area (Å²) in [6, 6.07) is 0. The third-order valence-corrected chi connectivity index (χ3v) is 4.18. The normalized spacial score (nSPS) is 11.5. The molecule has 0 spiro atoms. The van der Waals surface area contributed by atoms with E-state index in [9.17, 15) is 14.4 Å². The molecule has 0 aliphatic rings. The van der Waals surface area contributed by atoms with Crippen LogP contribution in [0.2, 0.25) is 0 Å². The van der Waals surface area contributed by atoms with E-state index in [1.54, 1.807) is 30.2 Å². The van der Waals surface area contributed by atoms with Gasteiger partial charge < -0.3 is 10.6 Å². The number of aromatic nitrogens is 4. The van der Waals surface area contributed by atoms with Gasteiger partial charge in [-0.3, -0.25) is 23.8 Å². The highest BCUT2D eigenvalue weighted by Crippen LogP contribution is 2.19. The molecule has 0 aliphatic heterocycles. The lowest BCUT2D eigenvalue weighted by molar-refractivity contribution is -0.114. The fourth-order valence-corrected chi connectivity index (χ4v) is 2.82. The van der Waals surface area contributed by atoms with Crippen molar-refractivity contribution in [2.24, 2.45) is 13.0 Å². The third-order valence-electron chi connectivity index (χ3n) is 4.18. The van der Waals surface area contributed by atoms with E-state index in [4.69, 9.17) is 5.73 Å². The maximum Gasteiger partial charge on any atom is 0.330 e. The number of unbranched alkanes of at least 4 members (excludes halogenated alkanes) is 1. The van der Waals surface area contributed by atoms with E-state index in [-0.39, 0.29) is 24.0 Å². The highest BCUT2D eigenvalue weighted by atomic mass is 16.2. The Kier molecular flexibility index (Phi) is 6.97. The molecule has 2 rings (SSSR count). The second kappa shape index (κ2) is 9.20. The van der Waals surface area contributed by atoms with Crippen molar-refractivity contribution in [1.82, 2.24) is 19.3 Å². The summed E-state index contributed by atoms with van der Waals surface area (Å²) in [6.07, 6.45) is 7.99. The van der Waals surface area contributed by atoms with Crippen molar-refractivity contribution in [3.05, 3.63) is 44.9 Å². The number of carbonyl (C=O) groups excluding carboxylic acids is 1. The molecule has 0 bridgehead atoms. The monoisotopic (exact) mass is 388 g/mol. The van der Waals surface area contributed by atoms with E-state index in [2.05, 4.69) is 10.1 Å². The van der Waals surface area contributed by atoms with Crippen molar-refractivity contribution < 1.29 is 4.79 Å². The molecule has 152 valence electrons. The van der Waals surface area contributed by atoms with Crippen LogP contribution >= 0.6 is 0 Å². The molecule has 1 amide bonds. The molecule has 0 unspecified atom stereocenters. The Hall–Kier alpha value is -3.10. The van der Waals surface area contributed by atoms with Gasteiger partial charge in [-0.05, 0) is 18.4 Å². The number of nitrogen functional groups attached to an aromatic ring is 1. The van der Waals surface area contributed by atoms with E-state index in [0.717, 1.165) is 18.4 Å². The molecule has 3 N–H and O–H groups in total. The van der Waals surface area contributed by atoms with Gasteiger partial charge in [0.2, 0.25) is 0 Å². The minimum Gasteiger partial charge on any atom is -0.383 e. The fourth-order valence-electron chi connectivity index (χ4n) is 2.82. The molecule has 0 atom stereocenters. The summed E-state index contributed by atoms with van der Waals surface area (Å²) < 4.78 is 2.94. The van der Waals surface area contributed by atoms with Crippen LogP contribution in [0.5, 0.6) is 0 Å². The first-order valence-corrected chi connectivity index (χ1v) is 9.35. The Bertz CT molecular complexity index is 967. The molecule has 0 fully saturated rings. The fraction of sp³-hybridized carbons (Fsp3) is 0.474. The molecular weight excluding hydrogens is 360 g/mol. The van der Waals surface area contributed by atoms with E-state index in [0.29, 0.717) is 6.54 Å². The van der Waals surface area contributed by atoms with Crippen LogP contribution in [-0.2, 0) is 18.4 Å². The molecule has 2 aromatic rings. The number of aromatic amines is 1. The lowest BCUT2D eigenvalue weighted by Gasteiger charge is -2.25. The Morgan fingerprint density at radius 1 is 1.39 bits per heavy atom. The molecule has 0 saturated heterocycles. The predicted octanol–water partition coefficient (Wildman–Crippen LogP) is 1.35. The van der Waals surface area contributed by atoms with Gasteiger partial charge >= 0.3 is 5.69 Å². The first kappa shape index (κ1) is 21.2. The summed E-state index contributed by atoms with van der Waals surface area (Å²) in [5.41, 5.74) is 5.69.